The molecule has 0 bridgehead atoms. The van der Waals surface area contributed by atoms with Crippen LogP contribution in [0, 0.1) is 5.92 Å². The highest BCUT2D eigenvalue weighted by Gasteiger charge is 2.31. The third-order valence-corrected chi connectivity index (χ3v) is 4.29. The van der Waals surface area contributed by atoms with Crippen molar-refractivity contribution in [1.29, 1.82) is 0 Å². The van der Waals surface area contributed by atoms with Crippen molar-refractivity contribution < 1.29 is 14.3 Å². The fourth-order valence-corrected chi connectivity index (χ4v) is 3.12. The number of likely N-dealkylation sites (tertiary alicyclic amines) is 1. The number of rotatable bonds is 2. The third-order valence-electron chi connectivity index (χ3n) is 4.29. The molecule has 5 heteroatoms. The summed E-state index contributed by atoms with van der Waals surface area (Å²) in [5.41, 5.74) is 7.01. The maximum absolute atomic E-state index is 12.6. The minimum atomic E-state index is -0.116. The van der Waals surface area contributed by atoms with Gasteiger partial charge in [0.25, 0.3) is 0 Å². The minimum absolute atomic E-state index is 0.111. The van der Waals surface area contributed by atoms with E-state index in [0.717, 1.165) is 36.4 Å². The number of benzene rings is 1. The Balaban J connectivity index is 1.71. The number of methoxy groups -OCH3 is 1. The lowest BCUT2D eigenvalue weighted by molar-refractivity contribution is -0.138. The summed E-state index contributed by atoms with van der Waals surface area (Å²) in [6, 6.07) is 5.85. The molecule has 1 aromatic carbocycles. The Kier molecular flexibility index (Phi) is 4.01. The van der Waals surface area contributed by atoms with Crippen molar-refractivity contribution in [2.24, 2.45) is 11.7 Å². The normalized spacial score (nSPS) is 25.0. The van der Waals surface area contributed by atoms with E-state index in [1.54, 1.807) is 7.11 Å². The molecule has 2 heterocycles. The van der Waals surface area contributed by atoms with E-state index in [2.05, 4.69) is 0 Å². The van der Waals surface area contributed by atoms with Gasteiger partial charge in [0.15, 0.2) is 0 Å². The molecule has 0 aromatic heterocycles. The van der Waals surface area contributed by atoms with Gasteiger partial charge >= 0.3 is 0 Å². The second-order valence-electron chi connectivity index (χ2n) is 5.87. The fourth-order valence-electron chi connectivity index (χ4n) is 3.12. The molecule has 21 heavy (non-hydrogen) atoms. The lowest BCUT2D eigenvalue weighted by Gasteiger charge is -2.35. The zero-order valence-electron chi connectivity index (χ0n) is 12.4. The molecule has 1 amide bonds. The molecular formula is C16H22N2O3. The van der Waals surface area contributed by atoms with Crippen LogP contribution in [0.2, 0.25) is 0 Å². The van der Waals surface area contributed by atoms with Crippen LogP contribution in [0.5, 0.6) is 11.5 Å². The van der Waals surface area contributed by atoms with E-state index in [1.807, 2.05) is 23.1 Å². The topological polar surface area (TPSA) is 64.8 Å². The summed E-state index contributed by atoms with van der Waals surface area (Å²) < 4.78 is 11.0. The van der Waals surface area contributed by atoms with Gasteiger partial charge in [-0.2, -0.15) is 0 Å². The second-order valence-corrected chi connectivity index (χ2v) is 5.87. The molecule has 0 spiro atoms. The number of ether oxygens (including phenoxy) is 2. The quantitative estimate of drug-likeness (QED) is 0.889. The van der Waals surface area contributed by atoms with Crippen molar-refractivity contribution in [3.05, 3.63) is 23.8 Å². The number of carbonyl (C=O) groups is 1. The van der Waals surface area contributed by atoms with Crippen molar-refractivity contribution >= 4 is 5.91 Å². The van der Waals surface area contributed by atoms with Crippen LogP contribution < -0.4 is 15.2 Å². The van der Waals surface area contributed by atoms with Crippen LogP contribution in [-0.2, 0) is 11.2 Å². The maximum atomic E-state index is 12.6. The van der Waals surface area contributed by atoms with E-state index in [0.29, 0.717) is 19.6 Å². The van der Waals surface area contributed by atoms with Gasteiger partial charge in [-0.05, 0) is 43.0 Å². The molecule has 114 valence electrons. The highest BCUT2D eigenvalue weighted by molar-refractivity contribution is 5.80. The Morgan fingerprint density at radius 2 is 2.33 bits per heavy atom. The molecule has 2 aliphatic heterocycles. The number of amides is 1. The van der Waals surface area contributed by atoms with Gasteiger partial charge in [0, 0.05) is 19.1 Å². The first-order chi connectivity index (χ1) is 10.2. The number of fused-ring (bicyclic) bond motifs is 1. The highest BCUT2D eigenvalue weighted by Crippen LogP contribution is 2.31. The summed E-state index contributed by atoms with van der Waals surface area (Å²) in [5.74, 6) is 1.70. The number of carbonyl (C=O) groups excluding carboxylic acids is 1. The summed E-state index contributed by atoms with van der Waals surface area (Å²) >= 11 is 0. The summed E-state index contributed by atoms with van der Waals surface area (Å²) in [5, 5.41) is 0. The standard InChI is InChI=1S/C16H22N2O3/c1-20-14-4-5-15-11(8-14)7-12(10-21-15)16(19)18-6-2-3-13(17)9-18/h4-5,8,12-13H,2-3,6-7,9-10,17H2,1H3. The van der Waals surface area contributed by atoms with E-state index in [-0.39, 0.29) is 17.9 Å². The van der Waals surface area contributed by atoms with Crippen LogP contribution in [0.4, 0.5) is 0 Å². The zero-order valence-corrected chi connectivity index (χ0v) is 12.4. The van der Waals surface area contributed by atoms with Crippen molar-refractivity contribution in [2.45, 2.75) is 25.3 Å². The molecule has 3 rings (SSSR count). The van der Waals surface area contributed by atoms with Crippen molar-refractivity contribution in [2.75, 3.05) is 26.8 Å². The van der Waals surface area contributed by atoms with Gasteiger partial charge in [0.05, 0.1) is 13.0 Å². The number of nitrogens with zero attached hydrogens (tertiary/aromatic N) is 1. The van der Waals surface area contributed by atoms with Crippen molar-refractivity contribution in [1.82, 2.24) is 4.90 Å². The molecule has 2 unspecified atom stereocenters. The van der Waals surface area contributed by atoms with Gasteiger partial charge in [0.2, 0.25) is 5.91 Å². The molecule has 2 atom stereocenters. The highest BCUT2D eigenvalue weighted by atomic mass is 16.5. The van der Waals surface area contributed by atoms with Crippen molar-refractivity contribution in [3.8, 4) is 11.5 Å². The number of nitrogens with two attached hydrogens (primary N) is 1. The molecule has 5 nitrogen and oxygen atoms in total. The predicted molar refractivity (Wildman–Crippen MR) is 79.5 cm³/mol. The van der Waals surface area contributed by atoms with E-state index >= 15 is 0 Å². The van der Waals surface area contributed by atoms with Crippen LogP contribution in [0.15, 0.2) is 18.2 Å². The summed E-state index contributed by atoms with van der Waals surface area (Å²) in [6.45, 7) is 1.93. The van der Waals surface area contributed by atoms with Gasteiger partial charge in [-0.1, -0.05) is 0 Å². The molecule has 2 aliphatic rings. The average molecular weight is 290 g/mol. The van der Waals surface area contributed by atoms with Crippen LogP contribution in [0.25, 0.3) is 0 Å². The third kappa shape index (κ3) is 2.97. The van der Waals surface area contributed by atoms with Gasteiger partial charge in [-0.25, -0.2) is 0 Å². The predicted octanol–water partition coefficient (Wildman–Crippen LogP) is 1.20. The first kappa shape index (κ1) is 14.2. The maximum Gasteiger partial charge on any atom is 0.229 e. The van der Waals surface area contributed by atoms with Gasteiger partial charge < -0.3 is 20.1 Å². The molecular weight excluding hydrogens is 268 g/mol. The zero-order chi connectivity index (χ0) is 14.8. The van der Waals surface area contributed by atoms with E-state index < -0.39 is 0 Å². The van der Waals surface area contributed by atoms with Gasteiger partial charge in [-0.15, -0.1) is 0 Å². The fraction of sp³-hybridized carbons (Fsp3) is 0.562. The molecule has 2 N–H and O–H groups in total. The van der Waals surface area contributed by atoms with Crippen LogP contribution >= 0.6 is 0 Å². The lowest BCUT2D eigenvalue weighted by Crippen LogP contribution is -2.49. The van der Waals surface area contributed by atoms with Crippen LogP contribution in [-0.4, -0.2) is 43.7 Å². The van der Waals surface area contributed by atoms with Gasteiger partial charge in [0.1, 0.15) is 18.1 Å². The molecule has 1 fully saturated rings. The smallest absolute Gasteiger partial charge is 0.229 e. The molecule has 0 radical (unpaired) electrons. The monoisotopic (exact) mass is 290 g/mol. The lowest BCUT2D eigenvalue weighted by atomic mass is 9.94. The molecule has 0 saturated carbocycles. The summed E-state index contributed by atoms with van der Waals surface area (Å²) in [7, 11) is 1.64. The van der Waals surface area contributed by atoms with E-state index in [9.17, 15) is 4.79 Å². The Morgan fingerprint density at radius 1 is 1.48 bits per heavy atom. The van der Waals surface area contributed by atoms with Crippen LogP contribution in [0.3, 0.4) is 0 Å². The number of piperidine rings is 1. The Morgan fingerprint density at radius 3 is 3.10 bits per heavy atom. The summed E-state index contributed by atoms with van der Waals surface area (Å²) in [6.07, 6.45) is 2.70. The summed E-state index contributed by atoms with van der Waals surface area (Å²) in [4.78, 5) is 14.5. The largest absolute Gasteiger partial charge is 0.497 e. The molecule has 1 saturated heterocycles. The van der Waals surface area contributed by atoms with Gasteiger partial charge in [-0.3, -0.25) is 4.79 Å². The SMILES string of the molecule is COc1ccc2c(c1)CC(C(=O)N1CCCC(N)C1)CO2. The number of hydrogen-bond acceptors (Lipinski definition) is 4. The Labute approximate surface area is 125 Å². The molecule has 1 aromatic rings. The van der Waals surface area contributed by atoms with E-state index in [4.69, 9.17) is 15.2 Å². The Bertz CT molecular complexity index is 532. The average Bonchev–Trinajstić information content (AvgIpc) is 2.53. The first-order valence-corrected chi connectivity index (χ1v) is 7.51. The second kappa shape index (κ2) is 5.93. The van der Waals surface area contributed by atoms with Crippen LogP contribution in [0.1, 0.15) is 18.4 Å². The Hall–Kier alpha value is -1.75. The van der Waals surface area contributed by atoms with Crippen molar-refractivity contribution in [3.63, 3.8) is 0 Å². The first-order valence-electron chi connectivity index (χ1n) is 7.51. The minimum Gasteiger partial charge on any atom is -0.497 e. The number of hydrogen-bond donors (Lipinski definition) is 1. The van der Waals surface area contributed by atoms with E-state index in [1.165, 1.54) is 0 Å². The molecule has 0 aliphatic carbocycles.